The van der Waals surface area contributed by atoms with E-state index in [0.29, 0.717) is 12.2 Å². The monoisotopic (exact) mass is 511 g/mol. The van der Waals surface area contributed by atoms with Crippen LogP contribution in [0, 0.1) is 0 Å². The van der Waals surface area contributed by atoms with Gasteiger partial charge >= 0.3 is 0 Å². The van der Waals surface area contributed by atoms with E-state index in [9.17, 15) is 18.0 Å². The molecule has 2 aromatic rings. The summed E-state index contributed by atoms with van der Waals surface area (Å²) in [7, 11) is 0.497. The van der Waals surface area contributed by atoms with Gasteiger partial charge in [0, 0.05) is 18.6 Å². The van der Waals surface area contributed by atoms with Crippen molar-refractivity contribution in [1.29, 1.82) is 0 Å². The van der Waals surface area contributed by atoms with E-state index in [4.69, 9.17) is 21.1 Å². The van der Waals surface area contributed by atoms with Gasteiger partial charge in [-0.05, 0) is 42.3 Å². The van der Waals surface area contributed by atoms with Gasteiger partial charge in [0.05, 0.1) is 26.2 Å². The van der Waals surface area contributed by atoms with Crippen molar-refractivity contribution in [2.75, 3.05) is 38.4 Å². The Hall–Kier alpha value is -2.98. The minimum atomic E-state index is -3.91. The van der Waals surface area contributed by atoms with Crippen LogP contribution in [0.5, 0.6) is 11.5 Å². The first-order valence-corrected chi connectivity index (χ1v) is 12.7. The average molecular weight is 512 g/mol. The van der Waals surface area contributed by atoms with E-state index in [1.807, 2.05) is 0 Å². The molecule has 2 rings (SSSR count). The number of amides is 2. The molecule has 0 bridgehead atoms. The van der Waals surface area contributed by atoms with Gasteiger partial charge in [0.2, 0.25) is 21.8 Å². The predicted octanol–water partition coefficient (Wildman–Crippen LogP) is 2.68. The van der Waals surface area contributed by atoms with E-state index >= 15 is 0 Å². The van der Waals surface area contributed by atoms with Gasteiger partial charge in [-0.15, -0.1) is 0 Å². The number of carbonyl (C=O) groups is 2. The molecule has 0 fully saturated rings. The molecule has 0 aliphatic carbocycles. The van der Waals surface area contributed by atoms with Crippen LogP contribution in [0.2, 0.25) is 5.02 Å². The summed E-state index contributed by atoms with van der Waals surface area (Å²) in [6, 6.07) is 10.8. The highest BCUT2D eigenvalue weighted by Gasteiger charge is 2.32. The molecule has 1 N–H and O–H groups in total. The Morgan fingerprint density at radius 3 is 2.38 bits per heavy atom. The molecule has 0 unspecified atom stereocenters. The summed E-state index contributed by atoms with van der Waals surface area (Å²) in [6.45, 7) is 1.30. The Morgan fingerprint density at radius 2 is 1.82 bits per heavy atom. The maximum absolute atomic E-state index is 13.6. The summed E-state index contributed by atoms with van der Waals surface area (Å²) in [5.74, 6) is -0.0876. The van der Waals surface area contributed by atoms with Crippen LogP contribution in [0.1, 0.15) is 18.9 Å². The lowest BCUT2D eigenvalue weighted by atomic mass is 10.1. The van der Waals surface area contributed by atoms with Gasteiger partial charge in [-0.2, -0.15) is 0 Å². The number of hydrogen-bond donors (Lipinski definition) is 1. The van der Waals surface area contributed by atoms with Crippen molar-refractivity contribution in [3.8, 4) is 11.5 Å². The molecule has 0 spiro atoms. The third-order valence-corrected chi connectivity index (χ3v) is 6.57. The number of carbonyl (C=O) groups excluding carboxylic acids is 2. The average Bonchev–Trinajstić information content (AvgIpc) is 2.81. The Kier molecular flexibility index (Phi) is 9.57. The normalized spacial score (nSPS) is 11.9. The van der Waals surface area contributed by atoms with Crippen LogP contribution in [-0.2, 0) is 26.2 Å². The molecule has 0 aliphatic rings. The lowest BCUT2D eigenvalue weighted by molar-refractivity contribution is -0.140. The van der Waals surface area contributed by atoms with E-state index in [2.05, 4.69) is 5.32 Å². The second-order valence-corrected chi connectivity index (χ2v) is 9.84. The standard InChI is InChI=1S/C23H30ClN3O6S/c1-6-19(23(29)25-2)26(14-16-8-7-9-18(12-16)32-3)22(28)15-27(34(5,30)31)20-13-17(24)10-11-21(20)33-4/h7-13,19H,6,14-15H2,1-5H3,(H,25,29)/t19-/m0/s1. The third-order valence-electron chi connectivity index (χ3n) is 5.21. The maximum Gasteiger partial charge on any atom is 0.244 e. The van der Waals surface area contributed by atoms with Crippen LogP contribution >= 0.6 is 11.6 Å². The van der Waals surface area contributed by atoms with Crippen molar-refractivity contribution < 1.29 is 27.5 Å². The number of likely N-dealkylation sites (N-methyl/N-ethyl adjacent to an activating group) is 1. The molecular formula is C23H30ClN3O6S. The molecule has 0 saturated heterocycles. The molecule has 0 radical (unpaired) electrons. The number of sulfonamides is 1. The number of rotatable bonds is 11. The topological polar surface area (TPSA) is 105 Å². The molecule has 0 saturated carbocycles. The highest BCUT2D eigenvalue weighted by molar-refractivity contribution is 7.92. The number of nitrogens with zero attached hydrogens (tertiary/aromatic N) is 2. The van der Waals surface area contributed by atoms with Gasteiger partial charge in [-0.25, -0.2) is 8.42 Å². The number of nitrogens with one attached hydrogen (secondary N) is 1. The number of methoxy groups -OCH3 is 2. The zero-order valence-corrected chi connectivity index (χ0v) is 21.4. The van der Waals surface area contributed by atoms with Crippen LogP contribution in [0.15, 0.2) is 42.5 Å². The molecule has 1 atom stereocenters. The summed E-state index contributed by atoms with van der Waals surface area (Å²) in [5, 5.41) is 2.85. The largest absolute Gasteiger partial charge is 0.497 e. The summed E-state index contributed by atoms with van der Waals surface area (Å²) < 4.78 is 36.9. The van der Waals surface area contributed by atoms with Crippen molar-refractivity contribution in [2.45, 2.75) is 25.9 Å². The second-order valence-electron chi connectivity index (χ2n) is 7.50. The van der Waals surface area contributed by atoms with Gasteiger partial charge in [-0.3, -0.25) is 13.9 Å². The minimum absolute atomic E-state index is 0.0756. The van der Waals surface area contributed by atoms with E-state index in [0.717, 1.165) is 16.1 Å². The van der Waals surface area contributed by atoms with Gasteiger partial charge in [0.15, 0.2) is 0 Å². The van der Waals surface area contributed by atoms with Gasteiger partial charge < -0.3 is 19.7 Å². The fraction of sp³-hybridized carbons (Fsp3) is 0.391. The highest BCUT2D eigenvalue weighted by Crippen LogP contribution is 2.33. The van der Waals surface area contributed by atoms with Crippen LogP contribution in [0.4, 0.5) is 5.69 Å². The fourth-order valence-corrected chi connectivity index (χ4v) is 4.52. The van der Waals surface area contributed by atoms with Crippen molar-refractivity contribution in [2.24, 2.45) is 0 Å². The van der Waals surface area contributed by atoms with Gasteiger partial charge in [-0.1, -0.05) is 30.7 Å². The summed E-state index contributed by atoms with van der Waals surface area (Å²) >= 11 is 6.10. The predicted molar refractivity (Wildman–Crippen MR) is 132 cm³/mol. The Balaban J connectivity index is 2.51. The maximum atomic E-state index is 13.6. The summed E-state index contributed by atoms with van der Waals surface area (Å²) in [5.41, 5.74) is 0.849. The van der Waals surface area contributed by atoms with Crippen LogP contribution in [0.25, 0.3) is 0 Å². The Morgan fingerprint density at radius 1 is 1.12 bits per heavy atom. The highest BCUT2D eigenvalue weighted by atomic mass is 35.5. The Bertz CT molecular complexity index is 1130. The molecule has 2 amide bonds. The van der Waals surface area contributed by atoms with E-state index in [1.165, 1.54) is 38.3 Å². The quantitative estimate of drug-likeness (QED) is 0.497. The van der Waals surface area contributed by atoms with Crippen LogP contribution in [0.3, 0.4) is 0 Å². The molecule has 34 heavy (non-hydrogen) atoms. The van der Waals surface area contributed by atoms with Crippen molar-refractivity contribution >= 4 is 39.1 Å². The molecular weight excluding hydrogens is 482 g/mol. The molecule has 0 aliphatic heterocycles. The van der Waals surface area contributed by atoms with Gasteiger partial charge in [0.25, 0.3) is 0 Å². The molecule has 0 aromatic heterocycles. The molecule has 2 aromatic carbocycles. The van der Waals surface area contributed by atoms with Crippen molar-refractivity contribution in [1.82, 2.24) is 10.2 Å². The number of anilines is 1. The van der Waals surface area contributed by atoms with Crippen LogP contribution < -0.4 is 19.1 Å². The summed E-state index contributed by atoms with van der Waals surface area (Å²) in [6.07, 6.45) is 1.32. The zero-order valence-electron chi connectivity index (χ0n) is 19.9. The number of hydrogen-bond acceptors (Lipinski definition) is 6. The number of benzene rings is 2. The van der Waals surface area contributed by atoms with E-state index < -0.39 is 28.5 Å². The first kappa shape index (κ1) is 27.3. The fourth-order valence-electron chi connectivity index (χ4n) is 3.51. The minimum Gasteiger partial charge on any atom is -0.497 e. The van der Waals surface area contributed by atoms with Crippen molar-refractivity contribution in [3.05, 3.63) is 53.1 Å². The molecule has 0 heterocycles. The molecule has 11 heteroatoms. The first-order chi connectivity index (χ1) is 16.0. The lowest BCUT2D eigenvalue weighted by Gasteiger charge is -2.33. The van der Waals surface area contributed by atoms with Crippen molar-refractivity contribution in [3.63, 3.8) is 0 Å². The first-order valence-electron chi connectivity index (χ1n) is 10.5. The smallest absolute Gasteiger partial charge is 0.244 e. The summed E-state index contributed by atoms with van der Waals surface area (Å²) in [4.78, 5) is 27.5. The molecule has 186 valence electrons. The SMILES string of the molecule is CC[C@@H](C(=O)NC)N(Cc1cccc(OC)c1)C(=O)CN(c1cc(Cl)ccc1OC)S(C)(=O)=O. The zero-order chi connectivity index (χ0) is 25.5. The van der Waals surface area contributed by atoms with E-state index in [1.54, 1.807) is 37.3 Å². The number of halogens is 1. The van der Waals surface area contributed by atoms with E-state index in [-0.39, 0.29) is 28.9 Å². The second kappa shape index (κ2) is 11.9. The third kappa shape index (κ3) is 6.77. The van der Waals surface area contributed by atoms with Crippen LogP contribution in [-0.4, -0.2) is 65.2 Å². The van der Waals surface area contributed by atoms with Gasteiger partial charge in [0.1, 0.15) is 24.1 Å². The lowest BCUT2D eigenvalue weighted by Crippen LogP contribution is -2.51. The molecule has 9 nitrogen and oxygen atoms in total. The Labute approximate surface area is 205 Å². The number of ether oxygens (including phenoxy) is 2.